The number of ether oxygens (including phenoxy) is 1. The molecule has 142 valence electrons. The van der Waals surface area contributed by atoms with Gasteiger partial charge in [-0.2, -0.15) is 8.78 Å². The molecule has 0 aliphatic rings. The molecule has 0 bridgehead atoms. The molecule has 0 heterocycles. The molecular weight excluding hydrogens is 348 g/mol. The third-order valence-electron chi connectivity index (χ3n) is 4.20. The zero-order valence-corrected chi connectivity index (χ0v) is 16.2. The Bertz CT molecular complexity index is 564. The van der Waals surface area contributed by atoms with Gasteiger partial charge in [0.1, 0.15) is 5.75 Å². The molecule has 0 spiro atoms. The highest BCUT2D eigenvalue weighted by molar-refractivity contribution is 6.34. The Morgan fingerprint density at radius 3 is 2.48 bits per heavy atom. The number of benzene rings is 1. The predicted octanol–water partition coefficient (Wildman–Crippen LogP) is 6.01. The van der Waals surface area contributed by atoms with Crippen LogP contribution in [0.15, 0.2) is 18.2 Å². The van der Waals surface area contributed by atoms with Gasteiger partial charge >= 0.3 is 6.11 Å². The van der Waals surface area contributed by atoms with Gasteiger partial charge in [-0.15, -0.1) is 0 Å². The molecule has 0 aliphatic carbocycles. The Morgan fingerprint density at radius 2 is 1.96 bits per heavy atom. The van der Waals surface area contributed by atoms with Crippen LogP contribution in [0.5, 0.6) is 5.75 Å². The first-order valence-corrected chi connectivity index (χ1v) is 9.16. The quantitative estimate of drug-likeness (QED) is 0.501. The van der Waals surface area contributed by atoms with Crippen LogP contribution in [0.3, 0.4) is 0 Å². The first kappa shape index (κ1) is 21.7. The van der Waals surface area contributed by atoms with Crippen molar-refractivity contribution in [3.63, 3.8) is 0 Å². The Kier molecular flexibility index (Phi) is 8.63. The van der Waals surface area contributed by atoms with E-state index in [0.717, 1.165) is 25.7 Å². The van der Waals surface area contributed by atoms with Crippen LogP contribution in [0.25, 0.3) is 0 Å². The first-order valence-electron chi connectivity index (χ1n) is 8.78. The summed E-state index contributed by atoms with van der Waals surface area (Å²) >= 11 is 6.02. The minimum atomic E-state index is -3.25. The summed E-state index contributed by atoms with van der Waals surface area (Å²) in [7, 11) is 3.19. The molecule has 0 saturated carbocycles. The van der Waals surface area contributed by atoms with Gasteiger partial charge in [0, 0.05) is 14.1 Å². The maximum Gasteiger partial charge on any atom is 0.397 e. The Labute approximate surface area is 154 Å². The maximum atomic E-state index is 14.0. The van der Waals surface area contributed by atoms with Crippen molar-refractivity contribution in [1.29, 1.82) is 0 Å². The Balaban J connectivity index is 2.64. The van der Waals surface area contributed by atoms with E-state index in [4.69, 9.17) is 16.3 Å². The van der Waals surface area contributed by atoms with Gasteiger partial charge in [0.25, 0.3) is 5.91 Å². The highest BCUT2D eigenvalue weighted by Gasteiger charge is 2.31. The second kappa shape index (κ2) is 9.95. The minimum Gasteiger partial charge on any atom is -0.433 e. The number of carbonyl (C=O) groups is 1. The van der Waals surface area contributed by atoms with Crippen molar-refractivity contribution in [2.24, 2.45) is 5.92 Å². The molecule has 3 nitrogen and oxygen atoms in total. The van der Waals surface area contributed by atoms with Gasteiger partial charge < -0.3 is 9.64 Å². The van der Waals surface area contributed by atoms with Crippen LogP contribution in [0.2, 0.25) is 5.02 Å². The van der Waals surface area contributed by atoms with E-state index in [2.05, 4.69) is 13.8 Å². The summed E-state index contributed by atoms with van der Waals surface area (Å²) in [5.41, 5.74) is 0.257. The smallest absolute Gasteiger partial charge is 0.397 e. The normalized spacial score (nSPS) is 12.8. The molecule has 6 heteroatoms. The molecule has 1 atom stereocenters. The van der Waals surface area contributed by atoms with Crippen molar-refractivity contribution in [3.8, 4) is 5.75 Å². The van der Waals surface area contributed by atoms with Crippen molar-refractivity contribution < 1.29 is 18.3 Å². The molecular formula is C19H28ClF2NO2. The fourth-order valence-corrected chi connectivity index (χ4v) is 3.01. The van der Waals surface area contributed by atoms with E-state index in [1.54, 1.807) is 14.1 Å². The summed E-state index contributed by atoms with van der Waals surface area (Å²) in [5.74, 6) is 0.169. The number of hydrogen-bond acceptors (Lipinski definition) is 2. The van der Waals surface area contributed by atoms with Gasteiger partial charge in [-0.3, -0.25) is 4.79 Å². The molecule has 1 amide bonds. The van der Waals surface area contributed by atoms with Crippen molar-refractivity contribution in [1.82, 2.24) is 4.90 Å². The zero-order chi connectivity index (χ0) is 19.0. The summed E-state index contributed by atoms with van der Waals surface area (Å²) in [5, 5.41) is 0.0981. The molecule has 0 radical (unpaired) electrons. The first-order chi connectivity index (χ1) is 11.7. The summed E-state index contributed by atoms with van der Waals surface area (Å²) in [6, 6.07) is 4.02. The van der Waals surface area contributed by atoms with E-state index in [1.807, 2.05) is 0 Å². The highest BCUT2D eigenvalue weighted by atomic mass is 35.5. The van der Waals surface area contributed by atoms with Crippen LogP contribution in [-0.4, -0.2) is 31.0 Å². The Hall–Kier alpha value is -1.36. The van der Waals surface area contributed by atoms with Crippen LogP contribution in [0.4, 0.5) is 8.78 Å². The van der Waals surface area contributed by atoms with E-state index in [9.17, 15) is 13.6 Å². The summed E-state index contributed by atoms with van der Waals surface area (Å²) in [6.07, 6.45) is 0.764. The number of alkyl halides is 2. The number of amides is 1. The minimum absolute atomic E-state index is 0.0362. The van der Waals surface area contributed by atoms with Gasteiger partial charge in [0.15, 0.2) is 0 Å². The van der Waals surface area contributed by atoms with Gasteiger partial charge in [-0.1, -0.05) is 51.1 Å². The average molecular weight is 376 g/mol. The lowest BCUT2D eigenvalue weighted by atomic mass is 9.94. The number of nitrogens with zero attached hydrogens (tertiary/aromatic N) is 1. The lowest BCUT2D eigenvalue weighted by Gasteiger charge is -2.20. The van der Waals surface area contributed by atoms with E-state index < -0.39 is 6.11 Å². The lowest BCUT2D eigenvalue weighted by molar-refractivity contribution is -0.181. The number of hydrogen-bond donors (Lipinski definition) is 0. The fraction of sp³-hybridized carbons (Fsp3) is 0.632. The third kappa shape index (κ3) is 7.18. The predicted molar refractivity (Wildman–Crippen MR) is 97.6 cm³/mol. The Morgan fingerprint density at radius 1 is 1.28 bits per heavy atom. The van der Waals surface area contributed by atoms with E-state index >= 15 is 0 Å². The molecule has 1 aromatic rings. The monoisotopic (exact) mass is 375 g/mol. The summed E-state index contributed by atoms with van der Waals surface area (Å²) in [4.78, 5) is 13.3. The topological polar surface area (TPSA) is 29.5 Å². The molecule has 1 rings (SSSR count). The molecule has 25 heavy (non-hydrogen) atoms. The molecule has 1 unspecified atom stereocenters. The van der Waals surface area contributed by atoms with Gasteiger partial charge in [0.2, 0.25) is 0 Å². The number of carbonyl (C=O) groups excluding carboxylic acids is 1. The second-order valence-electron chi connectivity index (χ2n) is 6.54. The molecule has 0 aliphatic heterocycles. The summed E-state index contributed by atoms with van der Waals surface area (Å²) in [6.45, 7) is 4.20. The van der Waals surface area contributed by atoms with Crippen LogP contribution in [-0.2, 0) is 0 Å². The van der Waals surface area contributed by atoms with Crippen LogP contribution in [0, 0.1) is 5.92 Å². The van der Waals surface area contributed by atoms with Gasteiger partial charge in [-0.25, -0.2) is 0 Å². The van der Waals surface area contributed by atoms with Crippen molar-refractivity contribution in [3.05, 3.63) is 28.8 Å². The standard InChI is InChI=1S/C19H28ClF2NO2/c1-5-8-14(6-2)9-7-12-19(21,22)25-15-10-11-16(17(20)13-15)18(24)23(3)4/h10-11,13-14H,5-9,12H2,1-4H3. The second-order valence-corrected chi connectivity index (χ2v) is 6.94. The molecule has 1 aromatic carbocycles. The summed E-state index contributed by atoms with van der Waals surface area (Å²) < 4.78 is 32.9. The lowest BCUT2D eigenvalue weighted by Crippen LogP contribution is -2.25. The van der Waals surface area contributed by atoms with Crippen molar-refractivity contribution in [2.75, 3.05) is 14.1 Å². The molecule has 0 saturated heterocycles. The zero-order valence-electron chi connectivity index (χ0n) is 15.4. The number of rotatable bonds is 10. The van der Waals surface area contributed by atoms with Crippen LogP contribution >= 0.6 is 11.6 Å². The van der Waals surface area contributed by atoms with Crippen molar-refractivity contribution in [2.45, 2.75) is 58.5 Å². The van der Waals surface area contributed by atoms with Crippen LogP contribution in [0.1, 0.15) is 62.7 Å². The van der Waals surface area contributed by atoms with Crippen molar-refractivity contribution >= 4 is 17.5 Å². The van der Waals surface area contributed by atoms with Gasteiger partial charge in [-0.05, 0) is 30.5 Å². The van der Waals surface area contributed by atoms with Crippen LogP contribution < -0.4 is 4.74 Å². The van der Waals surface area contributed by atoms with Gasteiger partial charge in [0.05, 0.1) is 17.0 Å². The number of halogens is 3. The van der Waals surface area contributed by atoms with E-state index in [1.165, 1.54) is 23.1 Å². The third-order valence-corrected chi connectivity index (χ3v) is 4.51. The molecule has 0 N–H and O–H groups in total. The largest absolute Gasteiger partial charge is 0.433 e. The van der Waals surface area contributed by atoms with E-state index in [-0.39, 0.29) is 28.7 Å². The highest BCUT2D eigenvalue weighted by Crippen LogP contribution is 2.31. The molecule has 0 aromatic heterocycles. The average Bonchev–Trinajstić information content (AvgIpc) is 2.53. The molecule has 0 fully saturated rings. The van der Waals surface area contributed by atoms with E-state index in [0.29, 0.717) is 12.3 Å². The maximum absolute atomic E-state index is 14.0. The fourth-order valence-electron chi connectivity index (χ4n) is 2.75. The SMILES string of the molecule is CCCC(CC)CCCC(F)(F)Oc1ccc(C(=O)N(C)C)c(Cl)c1.